The van der Waals surface area contributed by atoms with Crippen molar-refractivity contribution in [3.05, 3.63) is 176 Å². The Bertz CT molecular complexity index is 2020. The monoisotopic (exact) mass is 837 g/mol. The molecule has 0 saturated heterocycles. The summed E-state index contributed by atoms with van der Waals surface area (Å²) >= 11 is 14.4. The molecule has 18 heteroatoms. The van der Waals surface area contributed by atoms with Crippen LogP contribution in [-0.2, 0) is 22.5 Å². The third-order valence-corrected chi connectivity index (χ3v) is 8.05. The van der Waals surface area contributed by atoms with Gasteiger partial charge in [0.2, 0.25) is 29.1 Å². The Morgan fingerprint density at radius 2 is 1.33 bits per heavy atom. The normalized spacial score (nSPS) is 21.8. The Hall–Kier alpha value is -3.85. The molecule has 1 aromatic carbocycles. The molecule has 0 N–H and O–H groups in total. The number of fused-ring (bicyclic) bond motifs is 8. The van der Waals surface area contributed by atoms with E-state index in [4.69, 9.17) is 34.8 Å². The third-order valence-electron chi connectivity index (χ3n) is 8.05. The van der Waals surface area contributed by atoms with Crippen molar-refractivity contribution < 1.29 is 61.0 Å². The second-order valence-electron chi connectivity index (χ2n) is 11.4. The number of rotatable bonds is 2. The van der Waals surface area contributed by atoms with Gasteiger partial charge in [0.15, 0.2) is 4.30 Å². The Morgan fingerprint density at radius 3 is 1.92 bits per heavy atom. The van der Waals surface area contributed by atoms with Crippen molar-refractivity contribution in [2.45, 2.75) is 23.6 Å². The minimum absolute atomic E-state index is 0. The Morgan fingerprint density at radius 1 is 0.750 bits per heavy atom. The van der Waals surface area contributed by atoms with Crippen LogP contribution in [0.25, 0.3) is 16.2 Å². The van der Waals surface area contributed by atoms with Crippen LogP contribution in [0.2, 0.25) is 0 Å². The van der Waals surface area contributed by atoms with Gasteiger partial charge in [0.25, 0.3) is 0 Å². The minimum atomic E-state index is -2.43. The first-order chi connectivity index (χ1) is 23.9. The number of allylic oxidation sites excluding steroid dienone is 7. The van der Waals surface area contributed by atoms with Crippen LogP contribution in [0.4, 0.5) is 43.9 Å². The van der Waals surface area contributed by atoms with E-state index in [1.807, 2.05) is 0 Å². The minimum Gasteiger partial charge on any atom is -0.657 e. The first kappa shape index (κ1) is 39.4. The zero-order valence-electron chi connectivity index (χ0n) is 25.7. The number of hydrogen-bond donors (Lipinski definition) is 0. The summed E-state index contributed by atoms with van der Waals surface area (Å²) in [6.07, 6.45) is 4.86. The maximum Gasteiger partial charge on any atom is 2.00 e. The Kier molecular flexibility index (Phi) is 11.0. The number of nitrogens with zero attached hydrogens (tertiary/aromatic N) is 4. The van der Waals surface area contributed by atoms with Gasteiger partial charge < -0.3 is 15.6 Å². The summed E-state index contributed by atoms with van der Waals surface area (Å²) in [4.78, 5) is 8.89. The molecule has 1 aromatic heterocycles. The van der Waals surface area contributed by atoms with Gasteiger partial charge in [-0.1, -0.05) is 58.6 Å². The summed E-state index contributed by atoms with van der Waals surface area (Å²) in [6.45, 7) is 3.42. The number of alkyl halides is 3. The van der Waals surface area contributed by atoms with E-state index in [9.17, 15) is 26.3 Å². The average Bonchev–Trinajstić information content (AvgIpc) is 3.91. The molecule has 0 amide bonds. The van der Waals surface area contributed by atoms with E-state index in [1.54, 1.807) is 26.0 Å². The molecule has 0 unspecified atom stereocenters. The molecule has 7 rings (SSSR count). The second kappa shape index (κ2) is 14.5. The molecule has 0 fully saturated rings. The summed E-state index contributed by atoms with van der Waals surface area (Å²) in [7, 11) is 0. The molecule has 273 valence electrons. The number of aliphatic imine (C=N–C) groups is 1. The van der Waals surface area contributed by atoms with E-state index in [-0.39, 0.29) is 46.3 Å². The first-order valence-corrected chi connectivity index (χ1v) is 15.5. The Balaban J connectivity index is 0.000000995. The molecular formula is C34H15Cl3CuF10N4. The Labute approximate surface area is 315 Å². The average molecular weight is 839 g/mol. The van der Waals surface area contributed by atoms with Crippen LogP contribution in [-0.4, -0.2) is 10.0 Å². The van der Waals surface area contributed by atoms with Crippen LogP contribution in [0.5, 0.6) is 0 Å². The van der Waals surface area contributed by atoms with Crippen molar-refractivity contribution in [1.82, 2.24) is 4.98 Å². The summed E-state index contributed by atoms with van der Waals surface area (Å²) in [6, 6.07) is 2.60. The first-order valence-electron chi connectivity index (χ1n) is 14.2. The van der Waals surface area contributed by atoms with Gasteiger partial charge in [-0.05, 0) is 49.7 Å². The SMILES string of the molecule is CC1(C)c2ccc([n-]2)C2=N/C(=C(/c3c(F)c(F)c(F)c(F)c3F)[C+]3C=C/C(=C(\[C-]4C(F)=C(F)[C-](F)C(F)=C4F)[C+]4C=C[C+]1[N-]4)[N-]3)C=C2.ClC(Cl)Cl.[Cu+2]. The fourth-order valence-corrected chi connectivity index (χ4v) is 5.54. The van der Waals surface area contributed by atoms with Crippen LogP contribution in [0.3, 0.4) is 0 Å². The van der Waals surface area contributed by atoms with Gasteiger partial charge in [-0.3, -0.25) is 13.2 Å². The fraction of sp³-hybridized carbons (Fsp3) is 0.118. The van der Waals surface area contributed by atoms with Crippen molar-refractivity contribution in [1.29, 1.82) is 0 Å². The molecule has 2 aromatic rings. The fourth-order valence-electron chi connectivity index (χ4n) is 5.54. The third kappa shape index (κ3) is 6.52. The number of aromatic nitrogens is 1. The zero-order valence-corrected chi connectivity index (χ0v) is 28.9. The van der Waals surface area contributed by atoms with Crippen molar-refractivity contribution >= 4 is 46.1 Å². The van der Waals surface area contributed by atoms with Crippen LogP contribution in [0.15, 0.2) is 93.9 Å². The smallest absolute Gasteiger partial charge is 0.657 e. The van der Waals surface area contributed by atoms with Crippen molar-refractivity contribution in [3.8, 4) is 0 Å². The molecular weight excluding hydrogens is 824 g/mol. The molecule has 0 saturated carbocycles. The molecule has 4 nitrogen and oxygen atoms in total. The molecule has 4 aliphatic heterocycles. The zero-order chi connectivity index (χ0) is 37.3. The van der Waals surface area contributed by atoms with Crippen LogP contribution in [0.1, 0.15) is 30.8 Å². The second-order valence-corrected chi connectivity index (χ2v) is 13.4. The summed E-state index contributed by atoms with van der Waals surface area (Å²) in [5.41, 5.74) is -3.91. The van der Waals surface area contributed by atoms with Gasteiger partial charge in [-0.15, -0.1) is 11.4 Å². The molecule has 1 radical (unpaired) electrons. The van der Waals surface area contributed by atoms with E-state index in [0.717, 1.165) is 12.2 Å². The predicted molar refractivity (Wildman–Crippen MR) is 171 cm³/mol. The molecule has 1 aliphatic carbocycles. The number of halogens is 13. The van der Waals surface area contributed by atoms with E-state index in [0.29, 0.717) is 5.69 Å². The predicted octanol–water partition coefficient (Wildman–Crippen LogP) is 11.5. The molecule has 8 bridgehead atoms. The van der Waals surface area contributed by atoms with E-state index in [1.165, 1.54) is 24.3 Å². The molecule has 5 aliphatic rings. The maximum atomic E-state index is 15.3. The molecule has 5 heterocycles. The number of benzene rings is 1. The summed E-state index contributed by atoms with van der Waals surface area (Å²) in [5.74, 6) is -21.8. The van der Waals surface area contributed by atoms with Crippen molar-refractivity contribution in [3.63, 3.8) is 0 Å². The van der Waals surface area contributed by atoms with Crippen molar-refractivity contribution in [2.75, 3.05) is 0 Å². The van der Waals surface area contributed by atoms with Crippen LogP contribution < -0.4 is 4.98 Å². The maximum absolute atomic E-state index is 15.3. The van der Waals surface area contributed by atoms with Gasteiger partial charge >= 0.3 is 17.1 Å². The van der Waals surface area contributed by atoms with Gasteiger partial charge in [0.05, 0.1) is 41.3 Å². The molecule has 52 heavy (non-hydrogen) atoms. The van der Waals surface area contributed by atoms with Gasteiger partial charge in [0, 0.05) is 23.6 Å². The molecule has 0 atom stereocenters. The standard InChI is InChI=1S/C33H14F10N4.CHCl3.Cu/c1-33(2)17-9-7-12(46-17)11-3-4-13(44-11)19(21-23(34)27(38)31(42)28(39)24(21)35)14-5-6-15(45-14)20(16-8-10-18(33)47-16)22-25(36)29(40)32(43)30(41)26(22)37;2-1(3)4;/h3-10H,1-2H3;1H;/q-2;;+2/b19-13+,20-15+;;. The number of hydrogen-bond acceptors (Lipinski definition) is 1. The molecule has 0 spiro atoms. The van der Waals surface area contributed by atoms with Gasteiger partial charge in [-0.2, -0.15) is 17.6 Å². The quantitative estimate of drug-likeness (QED) is 0.0742. The van der Waals surface area contributed by atoms with Crippen LogP contribution in [0, 0.1) is 59.3 Å². The van der Waals surface area contributed by atoms with E-state index < -0.39 is 103 Å². The van der Waals surface area contributed by atoms with E-state index >= 15 is 17.6 Å². The largest absolute Gasteiger partial charge is 2.00 e. The van der Waals surface area contributed by atoms with Gasteiger partial charge in [0.1, 0.15) is 16.8 Å². The summed E-state index contributed by atoms with van der Waals surface area (Å²) < 4.78 is 147. The summed E-state index contributed by atoms with van der Waals surface area (Å²) in [5, 5.41) is 8.61. The van der Waals surface area contributed by atoms with Crippen LogP contribution >= 0.6 is 34.8 Å². The van der Waals surface area contributed by atoms with Gasteiger partial charge in [-0.25, -0.2) is 18.2 Å². The van der Waals surface area contributed by atoms with E-state index in [2.05, 4.69) is 20.6 Å². The van der Waals surface area contributed by atoms with Crippen molar-refractivity contribution in [2.24, 2.45) is 4.99 Å². The topological polar surface area (TPSA) is 54.7 Å².